The highest BCUT2D eigenvalue weighted by Crippen LogP contribution is 2.58. The van der Waals surface area contributed by atoms with Crippen LogP contribution in [0.2, 0.25) is 0 Å². The molecule has 1 aromatic carbocycles. The van der Waals surface area contributed by atoms with Crippen LogP contribution in [0.3, 0.4) is 0 Å². The first-order valence-electron chi connectivity index (χ1n) is 5.53. The Hall–Kier alpha value is -0.260. The zero-order chi connectivity index (χ0) is 13.8. The minimum Gasteiger partial charge on any atom is -0.314 e. The molecule has 0 aliphatic carbocycles. The SMILES string of the molecule is CCOP(=O)(OCC)[C@H](N)c1cc(F)cc(Br)c1. The Kier molecular flexibility index (Phi) is 5.95. The lowest BCUT2D eigenvalue weighted by molar-refractivity contribution is 0.212. The molecule has 1 aromatic rings. The molecule has 0 saturated carbocycles. The predicted molar refractivity (Wildman–Crippen MR) is 71.9 cm³/mol. The largest absolute Gasteiger partial charge is 0.351 e. The van der Waals surface area contributed by atoms with Gasteiger partial charge < -0.3 is 14.8 Å². The van der Waals surface area contributed by atoms with E-state index in [1.807, 2.05) is 0 Å². The fourth-order valence-electron chi connectivity index (χ4n) is 1.49. The highest BCUT2D eigenvalue weighted by molar-refractivity contribution is 9.10. The Morgan fingerprint density at radius 3 is 2.33 bits per heavy atom. The van der Waals surface area contributed by atoms with Crippen LogP contribution in [0.25, 0.3) is 0 Å². The quantitative estimate of drug-likeness (QED) is 0.800. The Morgan fingerprint density at radius 1 is 1.33 bits per heavy atom. The molecule has 0 heterocycles. The average molecular weight is 340 g/mol. The van der Waals surface area contributed by atoms with Gasteiger partial charge in [-0.25, -0.2) is 4.39 Å². The monoisotopic (exact) mass is 339 g/mol. The van der Waals surface area contributed by atoms with Gasteiger partial charge in [0.2, 0.25) is 0 Å². The van der Waals surface area contributed by atoms with Gasteiger partial charge in [-0.3, -0.25) is 4.57 Å². The highest BCUT2D eigenvalue weighted by Gasteiger charge is 2.34. The lowest BCUT2D eigenvalue weighted by Gasteiger charge is -2.23. The zero-order valence-electron chi connectivity index (χ0n) is 10.2. The zero-order valence-corrected chi connectivity index (χ0v) is 12.7. The summed E-state index contributed by atoms with van der Waals surface area (Å²) in [4.78, 5) is 0. The maximum Gasteiger partial charge on any atom is 0.351 e. The van der Waals surface area contributed by atoms with E-state index in [1.165, 1.54) is 12.1 Å². The summed E-state index contributed by atoms with van der Waals surface area (Å²) < 4.78 is 36.5. The third kappa shape index (κ3) is 3.87. The van der Waals surface area contributed by atoms with Crippen molar-refractivity contribution < 1.29 is 18.0 Å². The molecule has 0 amide bonds. The molecule has 2 N–H and O–H groups in total. The third-order valence-electron chi connectivity index (χ3n) is 2.19. The van der Waals surface area contributed by atoms with Crippen LogP contribution in [0.1, 0.15) is 25.2 Å². The van der Waals surface area contributed by atoms with Crippen LogP contribution in [-0.4, -0.2) is 13.2 Å². The molecular formula is C11H16BrFNO3P. The number of rotatable bonds is 6. The number of hydrogen-bond donors (Lipinski definition) is 1. The van der Waals surface area contributed by atoms with E-state index in [4.69, 9.17) is 14.8 Å². The molecule has 0 spiro atoms. The van der Waals surface area contributed by atoms with Gasteiger partial charge in [-0.2, -0.15) is 0 Å². The second-order valence-electron chi connectivity index (χ2n) is 3.52. The van der Waals surface area contributed by atoms with Crippen LogP contribution < -0.4 is 5.73 Å². The summed E-state index contributed by atoms with van der Waals surface area (Å²) in [6.07, 6.45) is 0. The fraction of sp³-hybridized carbons (Fsp3) is 0.455. The molecule has 0 radical (unpaired) electrons. The van der Waals surface area contributed by atoms with E-state index in [9.17, 15) is 8.96 Å². The van der Waals surface area contributed by atoms with Gasteiger partial charge in [-0.1, -0.05) is 15.9 Å². The first-order chi connectivity index (χ1) is 8.42. The van der Waals surface area contributed by atoms with Crippen LogP contribution >= 0.6 is 23.5 Å². The van der Waals surface area contributed by atoms with Gasteiger partial charge >= 0.3 is 7.60 Å². The lowest BCUT2D eigenvalue weighted by atomic mass is 10.2. The highest BCUT2D eigenvalue weighted by atomic mass is 79.9. The van der Waals surface area contributed by atoms with Crippen LogP contribution in [0.4, 0.5) is 4.39 Å². The number of hydrogen-bond acceptors (Lipinski definition) is 4. The van der Waals surface area contributed by atoms with Gasteiger partial charge in [0.1, 0.15) is 11.6 Å². The van der Waals surface area contributed by atoms with Crippen LogP contribution in [0.15, 0.2) is 22.7 Å². The predicted octanol–water partition coefficient (Wildman–Crippen LogP) is 3.81. The number of halogens is 2. The first-order valence-corrected chi connectivity index (χ1v) is 7.93. The molecule has 0 aliphatic heterocycles. The van der Waals surface area contributed by atoms with E-state index >= 15 is 0 Å². The van der Waals surface area contributed by atoms with E-state index < -0.39 is 19.2 Å². The topological polar surface area (TPSA) is 61.5 Å². The number of benzene rings is 1. The minimum absolute atomic E-state index is 0.210. The van der Waals surface area contributed by atoms with E-state index in [0.717, 1.165) is 0 Å². The fourth-order valence-corrected chi connectivity index (χ4v) is 3.60. The van der Waals surface area contributed by atoms with Crippen molar-refractivity contribution in [1.29, 1.82) is 0 Å². The van der Waals surface area contributed by atoms with Gasteiger partial charge in [0.15, 0.2) is 0 Å². The Labute approximate surface area is 114 Å². The molecule has 1 atom stereocenters. The Bertz CT molecular complexity index is 428. The van der Waals surface area contributed by atoms with Gasteiger partial charge in [-0.15, -0.1) is 0 Å². The molecule has 0 aromatic heterocycles. The molecule has 0 saturated heterocycles. The molecule has 1 rings (SSSR count). The van der Waals surface area contributed by atoms with Crippen LogP contribution in [0, 0.1) is 5.82 Å². The third-order valence-corrected chi connectivity index (χ3v) is 4.86. The second-order valence-corrected chi connectivity index (χ2v) is 6.59. The van der Waals surface area contributed by atoms with Crippen molar-refractivity contribution in [3.8, 4) is 0 Å². The molecule has 0 unspecified atom stereocenters. The summed E-state index contributed by atoms with van der Waals surface area (Å²) in [5.41, 5.74) is 6.25. The number of nitrogens with two attached hydrogens (primary N) is 1. The summed E-state index contributed by atoms with van der Waals surface area (Å²) in [5, 5.41) is 0. The van der Waals surface area contributed by atoms with Crippen LogP contribution in [0.5, 0.6) is 0 Å². The van der Waals surface area contributed by atoms with E-state index in [0.29, 0.717) is 10.0 Å². The van der Waals surface area contributed by atoms with Crippen molar-refractivity contribution in [3.05, 3.63) is 34.1 Å². The first kappa shape index (κ1) is 15.8. The maximum absolute atomic E-state index is 13.3. The summed E-state index contributed by atoms with van der Waals surface area (Å²) in [6, 6.07) is 4.11. The summed E-state index contributed by atoms with van der Waals surface area (Å²) in [7, 11) is -3.48. The molecule has 0 fully saturated rings. The van der Waals surface area contributed by atoms with Crippen molar-refractivity contribution in [2.24, 2.45) is 5.73 Å². The van der Waals surface area contributed by atoms with E-state index in [1.54, 1.807) is 19.9 Å². The lowest BCUT2D eigenvalue weighted by Crippen LogP contribution is -2.15. The summed E-state index contributed by atoms with van der Waals surface area (Å²) in [6.45, 7) is 3.81. The average Bonchev–Trinajstić information content (AvgIpc) is 2.27. The van der Waals surface area contributed by atoms with E-state index in [-0.39, 0.29) is 13.2 Å². The van der Waals surface area contributed by atoms with Gasteiger partial charge in [0.25, 0.3) is 0 Å². The van der Waals surface area contributed by atoms with Gasteiger partial charge in [-0.05, 0) is 37.6 Å². The van der Waals surface area contributed by atoms with Crippen molar-refractivity contribution >= 4 is 23.5 Å². The normalized spacial score (nSPS) is 13.6. The molecule has 18 heavy (non-hydrogen) atoms. The minimum atomic E-state index is -3.48. The molecule has 0 aliphatic rings. The molecule has 102 valence electrons. The second kappa shape index (κ2) is 6.78. The standard InChI is InChI=1S/C11H16BrFNO3P/c1-3-16-18(15,17-4-2)11(14)8-5-9(12)7-10(13)6-8/h5-7,11H,3-4,14H2,1-2H3/t11-/m0/s1. The van der Waals surface area contributed by atoms with Crippen molar-refractivity contribution in [2.75, 3.05) is 13.2 Å². The molecular weight excluding hydrogens is 324 g/mol. The summed E-state index contributed by atoms with van der Waals surface area (Å²) in [5.74, 6) is -1.47. The molecule has 7 heteroatoms. The summed E-state index contributed by atoms with van der Waals surface area (Å²) >= 11 is 3.16. The molecule has 4 nitrogen and oxygen atoms in total. The van der Waals surface area contributed by atoms with Gasteiger partial charge in [0.05, 0.1) is 13.2 Å². The van der Waals surface area contributed by atoms with E-state index in [2.05, 4.69) is 15.9 Å². The van der Waals surface area contributed by atoms with Crippen molar-refractivity contribution in [3.63, 3.8) is 0 Å². The Balaban J connectivity index is 3.09. The van der Waals surface area contributed by atoms with Crippen LogP contribution in [-0.2, 0) is 13.6 Å². The van der Waals surface area contributed by atoms with Crippen molar-refractivity contribution in [1.82, 2.24) is 0 Å². The Morgan fingerprint density at radius 2 is 1.89 bits per heavy atom. The smallest absolute Gasteiger partial charge is 0.314 e. The van der Waals surface area contributed by atoms with Gasteiger partial charge in [0, 0.05) is 4.47 Å². The maximum atomic E-state index is 13.3. The molecule has 0 bridgehead atoms. The van der Waals surface area contributed by atoms with Crippen molar-refractivity contribution in [2.45, 2.75) is 19.6 Å².